The van der Waals surface area contributed by atoms with Gasteiger partial charge in [-0.15, -0.1) is 0 Å². The molecule has 0 radical (unpaired) electrons. The van der Waals surface area contributed by atoms with Gasteiger partial charge in [0.15, 0.2) is 5.65 Å². The van der Waals surface area contributed by atoms with Crippen molar-refractivity contribution in [3.8, 4) is 17.6 Å². The first kappa shape index (κ1) is 13.2. The topological polar surface area (TPSA) is 89.8 Å². The number of hydrogen-bond acceptors (Lipinski definition) is 5. The zero-order valence-electron chi connectivity index (χ0n) is 11.0. The summed E-state index contributed by atoms with van der Waals surface area (Å²) < 4.78 is 6.75. The lowest BCUT2D eigenvalue weighted by molar-refractivity contribution is 0.399. The van der Waals surface area contributed by atoms with E-state index in [0.717, 1.165) is 0 Å². The van der Waals surface area contributed by atoms with Gasteiger partial charge in [-0.05, 0) is 24.3 Å². The fraction of sp³-hybridized carbons (Fsp3) is 0.0714. The van der Waals surface area contributed by atoms with Crippen LogP contribution in [0.15, 0.2) is 30.3 Å². The third kappa shape index (κ3) is 2.14. The van der Waals surface area contributed by atoms with Crippen LogP contribution in [0.2, 0.25) is 5.02 Å². The number of nitriles is 1. The molecule has 0 unspecified atom stereocenters. The average molecular weight is 300 g/mol. The zero-order valence-corrected chi connectivity index (χ0v) is 11.8. The quantitative estimate of drug-likeness (QED) is 0.785. The Morgan fingerprint density at radius 2 is 2.10 bits per heavy atom. The number of nitrogen functional groups attached to an aromatic ring is 1. The highest BCUT2D eigenvalue weighted by Crippen LogP contribution is 2.28. The van der Waals surface area contributed by atoms with Gasteiger partial charge >= 0.3 is 0 Å². The van der Waals surface area contributed by atoms with Crippen LogP contribution in [0.3, 0.4) is 0 Å². The summed E-state index contributed by atoms with van der Waals surface area (Å²) in [5, 5.41) is 9.29. The van der Waals surface area contributed by atoms with E-state index in [2.05, 4.69) is 9.97 Å². The number of nitrogens with zero attached hydrogens (tertiary/aromatic N) is 4. The number of methoxy groups -OCH3 is 1. The molecule has 2 heterocycles. The molecule has 2 N–H and O–H groups in total. The number of rotatable bonds is 2. The Bertz CT molecular complexity index is 881. The number of ether oxygens (including phenoxy) is 1. The predicted octanol–water partition coefficient (Wildman–Crippen LogP) is 2.54. The molecule has 0 spiro atoms. The van der Waals surface area contributed by atoms with E-state index in [0.29, 0.717) is 33.3 Å². The molecule has 3 rings (SSSR count). The van der Waals surface area contributed by atoms with Crippen LogP contribution in [0.1, 0.15) is 5.56 Å². The molecular weight excluding hydrogens is 290 g/mol. The summed E-state index contributed by atoms with van der Waals surface area (Å²) in [6.45, 7) is 0. The first-order valence-electron chi connectivity index (χ1n) is 6.03. The molecule has 0 aliphatic carbocycles. The Balaban J connectivity index is 2.29. The van der Waals surface area contributed by atoms with Gasteiger partial charge in [-0.25, -0.2) is 4.98 Å². The molecule has 1 aromatic carbocycles. The second-order valence-electron chi connectivity index (χ2n) is 4.28. The molecule has 21 heavy (non-hydrogen) atoms. The predicted molar refractivity (Wildman–Crippen MR) is 79.6 cm³/mol. The van der Waals surface area contributed by atoms with Crippen molar-refractivity contribution in [2.75, 3.05) is 12.8 Å². The lowest BCUT2D eigenvalue weighted by Gasteiger charge is -2.08. The fourth-order valence-corrected chi connectivity index (χ4v) is 2.33. The monoisotopic (exact) mass is 299 g/mol. The van der Waals surface area contributed by atoms with Crippen molar-refractivity contribution in [3.05, 3.63) is 40.9 Å². The van der Waals surface area contributed by atoms with E-state index < -0.39 is 0 Å². The van der Waals surface area contributed by atoms with Crippen molar-refractivity contribution >= 4 is 28.7 Å². The molecule has 7 heteroatoms. The van der Waals surface area contributed by atoms with E-state index in [9.17, 15) is 0 Å². The van der Waals surface area contributed by atoms with Crippen LogP contribution in [0.5, 0.6) is 5.88 Å². The van der Waals surface area contributed by atoms with Gasteiger partial charge in [0, 0.05) is 6.07 Å². The third-order valence-corrected chi connectivity index (χ3v) is 3.33. The number of benzene rings is 1. The van der Waals surface area contributed by atoms with E-state index >= 15 is 0 Å². The van der Waals surface area contributed by atoms with Gasteiger partial charge in [-0.3, -0.25) is 4.57 Å². The van der Waals surface area contributed by atoms with Gasteiger partial charge < -0.3 is 10.5 Å². The highest BCUT2D eigenvalue weighted by molar-refractivity contribution is 6.32. The summed E-state index contributed by atoms with van der Waals surface area (Å²) in [5.41, 5.74) is 8.21. The van der Waals surface area contributed by atoms with Gasteiger partial charge in [0.1, 0.15) is 5.52 Å². The van der Waals surface area contributed by atoms with Crippen LogP contribution >= 0.6 is 11.6 Å². The van der Waals surface area contributed by atoms with Gasteiger partial charge in [-0.1, -0.05) is 11.6 Å². The summed E-state index contributed by atoms with van der Waals surface area (Å²) >= 11 is 6.23. The number of fused-ring (bicyclic) bond motifs is 1. The summed E-state index contributed by atoms with van der Waals surface area (Å²) in [7, 11) is 1.53. The Kier molecular flexibility index (Phi) is 3.12. The van der Waals surface area contributed by atoms with Crippen molar-refractivity contribution in [2.24, 2.45) is 0 Å². The van der Waals surface area contributed by atoms with Crippen LogP contribution in [-0.4, -0.2) is 21.6 Å². The van der Waals surface area contributed by atoms with Crippen LogP contribution in [0.25, 0.3) is 16.9 Å². The highest BCUT2D eigenvalue weighted by atomic mass is 35.5. The molecule has 0 atom stereocenters. The number of pyridine rings is 1. The van der Waals surface area contributed by atoms with E-state index in [1.165, 1.54) is 7.11 Å². The van der Waals surface area contributed by atoms with Crippen molar-refractivity contribution in [1.82, 2.24) is 14.5 Å². The number of nitrogens with two attached hydrogens (primary N) is 1. The van der Waals surface area contributed by atoms with E-state index in [1.807, 2.05) is 6.07 Å². The SMILES string of the molecule is COc1ccc2nc(N)n(-c3ccc(C#N)cc3Cl)c2n1. The smallest absolute Gasteiger partial charge is 0.215 e. The molecule has 104 valence electrons. The Morgan fingerprint density at radius 1 is 1.29 bits per heavy atom. The molecular formula is C14H10ClN5O. The highest BCUT2D eigenvalue weighted by Gasteiger charge is 2.15. The minimum Gasteiger partial charge on any atom is -0.481 e. The average Bonchev–Trinajstić information content (AvgIpc) is 2.82. The maximum absolute atomic E-state index is 8.90. The maximum Gasteiger partial charge on any atom is 0.215 e. The zero-order chi connectivity index (χ0) is 15.0. The molecule has 6 nitrogen and oxygen atoms in total. The standard InChI is InChI=1S/C14H10ClN5O/c1-21-12-5-3-10-13(19-12)20(14(17)18-10)11-4-2-8(7-16)6-9(11)15/h2-6H,1H3,(H2,17,18). The van der Waals surface area contributed by atoms with Crippen LogP contribution in [0, 0.1) is 11.3 Å². The largest absolute Gasteiger partial charge is 0.481 e. The number of halogens is 1. The minimum atomic E-state index is 0.261. The number of anilines is 1. The van der Waals surface area contributed by atoms with Crippen molar-refractivity contribution in [1.29, 1.82) is 5.26 Å². The Hall–Kier alpha value is -2.78. The lowest BCUT2D eigenvalue weighted by atomic mass is 10.2. The molecule has 0 amide bonds. The number of aromatic nitrogens is 3. The van der Waals surface area contributed by atoms with Gasteiger partial charge in [0.25, 0.3) is 0 Å². The molecule has 3 aromatic rings. The summed E-state index contributed by atoms with van der Waals surface area (Å²) in [4.78, 5) is 8.60. The number of imidazole rings is 1. The molecule has 0 fully saturated rings. The first-order valence-corrected chi connectivity index (χ1v) is 6.41. The normalized spacial score (nSPS) is 10.5. The maximum atomic E-state index is 8.90. The molecule has 0 saturated heterocycles. The summed E-state index contributed by atoms with van der Waals surface area (Å²) in [5.74, 6) is 0.714. The van der Waals surface area contributed by atoms with Crippen molar-refractivity contribution in [3.63, 3.8) is 0 Å². The summed E-state index contributed by atoms with van der Waals surface area (Å²) in [6.07, 6.45) is 0. The van der Waals surface area contributed by atoms with Crippen molar-refractivity contribution in [2.45, 2.75) is 0 Å². The molecule has 2 aromatic heterocycles. The van der Waals surface area contributed by atoms with Gasteiger partial charge in [0.2, 0.25) is 11.8 Å². The Morgan fingerprint density at radius 3 is 2.76 bits per heavy atom. The second kappa shape index (κ2) is 4.96. The Labute approximate surface area is 125 Å². The van der Waals surface area contributed by atoms with Gasteiger partial charge in [0.05, 0.1) is 29.5 Å². The summed E-state index contributed by atoms with van der Waals surface area (Å²) in [6, 6.07) is 10.5. The number of hydrogen-bond donors (Lipinski definition) is 1. The van der Waals surface area contributed by atoms with Crippen LogP contribution < -0.4 is 10.5 Å². The third-order valence-electron chi connectivity index (χ3n) is 3.03. The van der Waals surface area contributed by atoms with Crippen LogP contribution in [0.4, 0.5) is 5.95 Å². The van der Waals surface area contributed by atoms with E-state index in [4.69, 9.17) is 27.3 Å². The van der Waals surface area contributed by atoms with Crippen LogP contribution in [-0.2, 0) is 0 Å². The molecule has 0 aliphatic rings. The first-order chi connectivity index (χ1) is 10.1. The molecule has 0 bridgehead atoms. The van der Waals surface area contributed by atoms with Gasteiger partial charge in [-0.2, -0.15) is 10.2 Å². The van der Waals surface area contributed by atoms with E-state index in [-0.39, 0.29) is 5.95 Å². The van der Waals surface area contributed by atoms with E-state index in [1.54, 1.807) is 34.9 Å². The van der Waals surface area contributed by atoms with Crippen molar-refractivity contribution < 1.29 is 4.74 Å². The lowest BCUT2D eigenvalue weighted by Crippen LogP contribution is -2.02. The molecule has 0 saturated carbocycles. The fourth-order valence-electron chi connectivity index (χ4n) is 2.07. The minimum absolute atomic E-state index is 0.261. The molecule has 0 aliphatic heterocycles. The second-order valence-corrected chi connectivity index (χ2v) is 4.69.